The molecule has 2 aliphatic carbocycles. The van der Waals surface area contributed by atoms with Crippen molar-refractivity contribution in [2.75, 3.05) is 5.01 Å². The number of hydrogen-bond acceptors (Lipinski definition) is 5. The summed E-state index contributed by atoms with van der Waals surface area (Å²) in [6, 6.07) is 3.33. The molecule has 3 atom stereocenters. The highest BCUT2D eigenvalue weighted by Crippen LogP contribution is 2.36. The van der Waals surface area contributed by atoms with Crippen LogP contribution in [-0.2, 0) is 12.8 Å². The van der Waals surface area contributed by atoms with Crippen LogP contribution in [0.3, 0.4) is 0 Å². The molecule has 5 rings (SSSR count). The third-order valence-electron chi connectivity index (χ3n) is 6.24. The average Bonchev–Trinajstić information content (AvgIpc) is 3.33. The Morgan fingerprint density at radius 2 is 2.03 bits per heavy atom. The average molecular weight is 400 g/mol. The Morgan fingerprint density at radius 3 is 2.90 bits per heavy atom. The molecule has 0 bridgehead atoms. The molecule has 2 heterocycles. The maximum absolute atomic E-state index is 14.3. The van der Waals surface area contributed by atoms with Gasteiger partial charge in [-0.3, -0.25) is 9.80 Å². The van der Waals surface area contributed by atoms with Crippen molar-refractivity contribution in [3.63, 3.8) is 0 Å². The van der Waals surface area contributed by atoms with Crippen molar-refractivity contribution < 1.29 is 18.1 Å². The van der Waals surface area contributed by atoms with Crippen molar-refractivity contribution in [2.45, 2.75) is 57.0 Å². The molecule has 3 aliphatic rings. The highest BCUT2D eigenvalue weighted by molar-refractivity contribution is 5.94. The zero-order valence-electron chi connectivity index (χ0n) is 15.9. The standard InChI is InChI=1S/C21H22F2N4O2/c22-12-8-9-18(15(23)10-12)27-17-6-3-5-16(14(17)11-24-27)25-21(28)20-13-4-1-2-7-19(13)29-26-20/h8-11,14,16-17H,1-7H2,(H,25,28)/t14?,16-,17?/m1/s1. The second kappa shape index (κ2) is 7.24. The number of benzene rings is 1. The number of nitrogens with zero attached hydrogens (tertiary/aromatic N) is 3. The van der Waals surface area contributed by atoms with Crippen LogP contribution in [0.1, 0.15) is 53.9 Å². The van der Waals surface area contributed by atoms with E-state index in [2.05, 4.69) is 15.6 Å². The number of aromatic nitrogens is 1. The van der Waals surface area contributed by atoms with E-state index >= 15 is 0 Å². The van der Waals surface area contributed by atoms with E-state index in [1.54, 1.807) is 11.2 Å². The molecule has 2 unspecified atom stereocenters. The molecule has 0 spiro atoms. The summed E-state index contributed by atoms with van der Waals surface area (Å²) < 4.78 is 32.9. The Morgan fingerprint density at radius 1 is 1.17 bits per heavy atom. The summed E-state index contributed by atoms with van der Waals surface area (Å²) in [5, 5.41) is 13.1. The largest absolute Gasteiger partial charge is 0.360 e. The number of halogens is 2. The summed E-state index contributed by atoms with van der Waals surface area (Å²) in [4.78, 5) is 12.9. The minimum atomic E-state index is -0.636. The summed E-state index contributed by atoms with van der Waals surface area (Å²) in [5.74, 6) is -0.690. The Labute approximate surface area is 166 Å². The number of anilines is 1. The van der Waals surface area contributed by atoms with Crippen LogP contribution >= 0.6 is 0 Å². The second-order valence-electron chi connectivity index (χ2n) is 8.00. The van der Waals surface area contributed by atoms with Crippen molar-refractivity contribution >= 4 is 17.8 Å². The normalized spacial score (nSPS) is 25.6. The molecule has 1 amide bonds. The Balaban J connectivity index is 1.33. The van der Waals surface area contributed by atoms with Gasteiger partial charge in [-0.1, -0.05) is 5.16 Å². The number of amides is 1. The smallest absolute Gasteiger partial charge is 0.274 e. The summed E-state index contributed by atoms with van der Waals surface area (Å²) >= 11 is 0. The number of carbonyl (C=O) groups excluding carboxylic acids is 1. The van der Waals surface area contributed by atoms with E-state index < -0.39 is 11.6 Å². The summed E-state index contributed by atoms with van der Waals surface area (Å²) in [7, 11) is 0. The lowest BCUT2D eigenvalue weighted by molar-refractivity contribution is 0.0907. The topological polar surface area (TPSA) is 70.7 Å². The number of hydrazone groups is 1. The Bertz CT molecular complexity index is 974. The van der Waals surface area contributed by atoms with Crippen LogP contribution in [0.4, 0.5) is 14.5 Å². The molecule has 1 saturated carbocycles. The fraction of sp³-hybridized carbons (Fsp3) is 0.476. The highest BCUT2D eigenvalue weighted by Gasteiger charge is 2.41. The first-order chi connectivity index (χ1) is 14.1. The molecule has 1 aromatic heterocycles. The maximum Gasteiger partial charge on any atom is 0.274 e. The molecule has 1 aliphatic heterocycles. The quantitative estimate of drug-likeness (QED) is 0.855. The lowest BCUT2D eigenvalue weighted by atomic mass is 9.81. The molecule has 1 fully saturated rings. The van der Waals surface area contributed by atoms with Gasteiger partial charge in [0.15, 0.2) is 11.5 Å². The molecule has 1 N–H and O–H groups in total. The van der Waals surface area contributed by atoms with E-state index in [0.717, 1.165) is 62.3 Å². The van der Waals surface area contributed by atoms with Crippen LogP contribution in [0.5, 0.6) is 0 Å². The van der Waals surface area contributed by atoms with Crippen LogP contribution in [0.2, 0.25) is 0 Å². The highest BCUT2D eigenvalue weighted by atomic mass is 19.1. The molecule has 1 aromatic carbocycles. The molecule has 6 nitrogen and oxygen atoms in total. The van der Waals surface area contributed by atoms with Crippen LogP contribution in [0, 0.1) is 17.6 Å². The number of carbonyl (C=O) groups is 1. The van der Waals surface area contributed by atoms with Crippen LogP contribution in [-0.4, -0.2) is 29.4 Å². The van der Waals surface area contributed by atoms with Gasteiger partial charge in [0.2, 0.25) is 0 Å². The van der Waals surface area contributed by atoms with Gasteiger partial charge in [0, 0.05) is 36.2 Å². The zero-order chi connectivity index (χ0) is 20.0. The van der Waals surface area contributed by atoms with Crippen molar-refractivity contribution in [3.8, 4) is 0 Å². The van der Waals surface area contributed by atoms with Crippen LogP contribution in [0.25, 0.3) is 0 Å². The van der Waals surface area contributed by atoms with Gasteiger partial charge in [-0.05, 0) is 50.7 Å². The molecule has 0 radical (unpaired) electrons. The van der Waals surface area contributed by atoms with Gasteiger partial charge in [0.25, 0.3) is 5.91 Å². The maximum atomic E-state index is 14.3. The zero-order valence-corrected chi connectivity index (χ0v) is 15.9. The first-order valence-electron chi connectivity index (χ1n) is 10.2. The van der Waals surface area contributed by atoms with E-state index in [9.17, 15) is 13.6 Å². The molecule has 0 saturated heterocycles. The summed E-state index contributed by atoms with van der Waals surface area (Å²) in [6.07, 6.45) is 8.04. The van der Waals surface area contributed by atoms with Gasteiger partial charge in [-0.15, -0.1) is 0 Å². The molecule has 29 heavy (non-hydrogen) atoms. The number of aryl methyl sites for hydroxylation is 1. The van der Waals surface area contributed by atoms with Crippen molar-refractivity contribution in [1.82, 2.24) is 10.5 Å². The minimum Gasteiger partial charge on any atom is -0.360 e. The number of fused-ring (bicyclic) bond motifs is 2. The monoisotopic (exact) mass is 400 g/mol. The first-order valence-corrected chi connectivity index (χ1v) is 10.2. The Hall–Kier alpha value is -2.77. The van der Waals surface area contributed by atoms with Gasteiger partial charge in [-0.2, -0.15) is 5.10 Å². The summed E-state index contributed by atoms with van der Waals surface area (Å²) in [6.45, 7) is 0. The van der Waals surface area contributed by atoms with Gasteiger partial charge < -0.3 is 9.84 Å². The van der Waals surface area contributed by atoms with E-state index in [1.807, 2.05) is 0 Å². The van der Waals surface area contributed by atoms with Gasteiger partial charge in [-0.25, -0.2) is 8.78 Å². The van der Waals surface area contributed by atoms with Gasteiger partial charge >= 0.3 is 0 Å². The van der Waals surface area contributed by atoms with Crippen molar-refractivity contribution in [3.05, 3.63) is 46.9 Å². The number of rotatable bonds is 3. The molecule has 8 heteroatoms. The lowest BCUT2D eigenvalue weighted by Crippen LogP contribution is -2.50. The predicted octanol–water partition coefficient (Wildman–Crippen LogP) is 3.60. The van der Waals surface area contributed by atoms with Crippen LogP contribution < -0.4 is 10.3 Å². The fourth-order valence-corrected chi connectivity index (χ4v) is 4.80. The number of nitrogens with one attached hydrogen (secondary N) is 1. The Kier molecular flexibility index (Phi) is 4.56. The van der Waals surface area contributed by atoms with E-state index in [-0.39, 0.29) is 29.6 Å². The third-order valence-corrected chi connectivity index (χ3v) is 6.24. The minimum absolute atomic E-state index is 0.0418. The molecule has 152 valence electrons. The fourth-order valence-electron chi connectivity index (χ4n) is 4.80. The first kappa shape index (κ1) is 18.3. The molecule has 2 aromatic rings. The lowest BCUT2D eigenvalue weighted by Gasteiger charge is -2.36. The SMILES string of the molecule is O=C(N[C@@H]1CCCC2C1C=NN2c1ccc(F)cc1F)c1noc2c1CCCC2. The van der Waals surface area contributed by atoms with E-state index in [1.165, 1.54) is 12.1 Å². The second-order valence-corrected chi connectivity index (χ2v) is 8.00. The van der Waals surface area contributed by atoms with Crippen LogP contribution in [0.15, 0.2) is 27.8 Å². The third kappa shape index (κ3) is 3.20. The predicted molar refractivity (Wildman–Crippen MR) is 103 cm³/mol. The molecular formula is C21H22F2N4O2. The summed E-state index contributed by atoms with van der Waals surface area (Å²) in [5.41, 5.74) is 1.57. The van der Waals surface area contributed by atoms with E-state index in [4.69, 9.17) is 4.52 Å². The van der Waals surface area contributed by atoms with Crippen molar-refractivity contribution in [2.24, 2.45) is 11.0 Å². The van der Waals surface area contributed by atoms with Crippen molar-refractivity contribution in [1.29, 1.82) is 0 Å². The number of hydrogen-bond donors (Lipinski definition) is 1. The van der Waals surface area contributed by atoms with Gasteiger partial charge in [0.05, 0.1) is 11.7 Å². The van der Waals surface area contributed by atoms with E-state index in [0.29, 0.717) is 5.69 Å². The van der Waals surface area contributed by atoms with Gasteiger partial charge in [0.1, 0.15) is 11.6 Å². The molecular weight excluding hydrogens is 378 g/mol.